The Morgan fingerprint density at radius 3 is 1.11 bits per heavy atom. The molecule has 12 nitrogen and oxygen atoms in total. The van der Waals surface area contributed by atoms with Gasteiger partial charge in [0.15, 0.2) is 0 Å². The van der Waals surface area contributed by atoms with Gasteiger partial charge in [-0.2, -0.15) is 0 Å². The number of benzene rings is 4. The van der Waals surface area contributed by atoms with E-state index in [-0.39, 0.29) is 87.4 Å². The van der Waals surface area contributed by atoms with Crippen molar-refractivity contribution in [2.45, 2.75) is 285 Å². The van der Waals surface area contributed by atoms with Gasteiger partial charge in [-0.3, -0.25) is 4.90 Å². The molecule has 1 amide bonds. The molecule has 4 aromatic rings. The molecule has 0 unspecified atom stereocenters. The van der Waals surface area contributed by atoms with Crippen molar-refractivity contribution in [3.8, 4) is 51.7 Å². The lowest BCUT2D eigenvalue weighted by Crippen LogP contribution is -2.41. The number of phenolic OH excluding ortho intramolecular Hbond substituents is 8. The molecule has 560 valence electrons. The zero-order chi connectivity index (χ0) is 75.4. The summed E-state index contributed by atoms with van der Waals surface area (Å²) in [6.45, 7) is 48.9. The maximum absolute atomic E-state index is 13.2. The fraction of sp³-hybridized carbons (Fsp3) is 0.549. The van der Waals surface area contributed by atoms with Crippen molar-refractivity contribution >= 4 is 11.8 Å². The van der Waals surface area contributed by atoms with E-state index in [0.29, 0.717) is 59.7 Å². The number of nitrogens with zero attached hydrogens (tertiary/aromatic N) is 1. The van der Waals surface area contributed by atoms with E-state index >= 15 is 0 Å². The number of carbonyl (C=O) groups excluding carboxylic acids is 1. The first-order valence-electron chi connectivity index (χ1n) is 39.0. The summed E-state index contributed by atoms with van der Waals surface area (Å²) in [6, 6.07) is 6.10. The van der Waals surface area contributed by atoms with Gasteiger partial charge in [0.1, 0.15) is 57.3 Å². The van der Waals surface area contributed by atoms with E-state index in [4.69, 9.17) is 9.47 Å². The predicted molar refractivity (Wildman–Crippen MR) is 422 cm³/mol. The van der Waals surface area contributed by atoms with Crippen molar-refractivity contribution in [2.24, 2.45) is 23.7 Å². The highest BCUT2D eigenvalue weighted by molar-refractivity contribution is 5.93. The Morgan fingerprint density at radius 1 is 0.427 bits per heavy atom. The van der Waals surface area contributed by atoms with Gasteiger partial charge in [-0.25, -0.2) is 4.79 Å². The van der Waals surface area contributed by atoms with Crippen molar-refractivity contribution < 1.29 is 55.1 Å². The summed E-state index contributed by atoms with van der Waals surface area (Å²) in [5.41, 5.74) is 19.7. The van der Waals surface area contributed by atoms with Crippen molar-refractivity contribution in [1.29, 1.82) is 0 Å². The molecule has 0 saturated carbocycles. The molecule has 0 saturated heterocycles. The van der Waals surface area contributed by atoms with E-state index in [2.05, 4.69) is 127 Å². The normalized spacial score (nSPS) is 25.7. The molecular formula is C91H125NO11. The van der Waals surface area contributed by atoms with Crippen LogP contribution in [0.5, 0.6) is 51.7 Å². The highest BCUT2D eigenvalue weighted by atomic mass is 16.6. The lowest BCUT2D eigenvalue weighted by Gasteiger charge is -2.40. The average Bonchev–Trinajstić information content (AvgIpc) is 0.769. The standard InChI is InChI=1S/C26H37NO4.2C22H30O2.C21H28O3/c1-8-17-11-12-27(25(30)31-26(5,6)7)24-22(17)20(28)14-21(29)23(24)19-13-16(4)9-10-18(19)15(2)3;2*1-5-15-7-6-8-17-21(15)19(23)12-20(24)22(17)18-11-14(4)9-10-16(18)13(2)3;1-5-14-8-9-24-21-19(14)17(22)11-18(23)20(21)16-10-13(4)6-7-15(16)12(2)3/h13-14,17-19,28-29H,2,8-12H2,1,3-7H3;2*11-12,15-16,18,23-24H,2,5-10H2,1,3-4H3;10-11,14-16,22-23H,2,5-9H2,1,3-4H3/t17-,18+,19-;2*15-,16+,18-;14-,15+,16-/m1111/s1. The largest absolute Gasteiger partial charge is 0.508 e. The number of ether oxygens (including phenoxy) is 2. The highest BCUT2D eigenvalue weighted by Gasteiger charge is 2.42. The van der Waals surface area contributed by atoms with Crippen LogP contribution in [0.4, 0.5) is 10.5 Å². The van der Waals surface area contributed by atoms with Crippen molar-refractivity contribution in [1.82, 2.24) is 0 Å². The van der Waals surface area contributed by atoms with Crippen molar-refractivity contribution in [2.75, 3.05) is 18.1 Å². The van der Waals surface area contributed by atoms with Crippen LogP contribution in [-0.4, -0.2) is 65.7 Å². The SMILES string of the molecule is C=C(C)[C@@H]1CCC(C)=C[C@H]1c1c(O)cc(O)c2c1CCC[C@H]2CC.C=C(C)[C@@H]1CCC(C)=C[C@H]1c1c(O)cc(O)c2c1CCC[C@H]2CC.C=C(C)[C@@H]1CCC(C)=C[C@H]1c1c(O)cc(O)c2c1N(C(=O)OC(C)(C)C)CC[C@H]2CC.C=C(C)[C@@H]1CCC(C)=C[C@H]1c1c(O)cc(O)c2c1OCC[C@H]2CC. The summed E-state index contributed by atoms with van der Waals surface area (Å²) < 4.78 is 11.7. The monoisotopic (exact) mass is 1410 g/mol. The number of carbonyl (C=O) groups is 1. The summed E-state index contributed by atoms with van der Waals surface area (Å²) in [5.74, 6) is 4.82. The van der Waals surface area contributed by atoms with Crippen LogP contribution in [0.2, 0.25) is 0 Å². The summed E-state index contributed by atoms with van der Waals surface area (Å²) in [7, 11) is 0. The molecule has 2 aliphatic heterocycles. The fourth-order valence-electron chi connectivity index (χ4n) is 19.0. The molecule has 0 radical (unpaired) electrons. The average molecular weight is 1410 g/mol. The van der Waals surface area contributed by atoms with E-state index in [0.717, 1.165) is 179 Å². The summed E-state index contributed by atoms with van der Waals surface area (Å²) >= 11 is 0. The quantitative estimate of drug-likeness (QED) is 0.0628. The van der Waals surface area contributed by atoms with Crippen molar-refractivity contribution in [3.63, 3.8) is 0 Å². The molecule has 12 heteroatoms. The van der Waals surface area contributed by atoms with Crippen LogP contribution in [0.1, 0.15) is 322 Å². The third kappa shape index (κ3) is 17.2. The number of allylic oxidation sites excluding steroid dienone is 12. The molecule has 8 N–H and O–H groups in total. The van der Waals surface area contributed by atoms with Crippen LogP contribution in [0.3, 0.4) is 0 Å². The van der Waals surface area contributed by atoms with Crippen LogP contribution < -0.4 is 9.64 Å². The van der Waals surface area contributed by atoms with Crippen LogP contribution >= 0.6 is 0 Å². The number of amides is 1. The number of hydrogen-bond donors (Lipinski definition) is 8. The van der Waals surface area contributed by atoms with Gasteiger partial charge in [0.25, 0.3) is 0 Å². The van der Waals surface area contributed by atoms with Gasteiger partial charge in [0.2, 0.25) is 0 Å². The Morgan fingerprint density at radius 2 is 0.738 bits per heavy atom. The Hall–Kier alpha value is -7.73. The van der Waals surface area contributed by atoms with E-state index in [1.54, 1.807) is 17.0 Å². The maximum Gasteiger partial charge on any atom is 0.414 e. The van der Waals surface area contributed by atoms with Gasteiger partial charge in [0.05, 0.1) is 12.3 Å². The first-order valence-corrected chi connectivity index (χ1v) is 39.0. The number of rotatable bonds is 12. The number of anilines is 1. The smallest absolute Gasteiger partial charge is 0.414 e. The van der Waals surface area contributed by atoms with Crippen LogP contribution in [0, 0.1) is 23.7 Å². The molecule has 0 spiro atoms. The molecule has 2 heterocycles. The second-order valence-corrected chi connectivity index (χ2v) is 33.0. The van der Waals surface area contributed by atoms with Crippen LogP contribution in [-0.2, 0) is 17.6 Å². The second-order valence-electron chi connectivity index (χ2n) is 33.0. The molecule has 12 atom stereocenters. The van der Waals surface area contributed by atoms with Gasteiger partial charge in [-0.05, 0) is 263 Å². The first kappa shape index (κ1) is 79.4. The predicted octanol–water partition coefficient (Wildman–Crippen LogP) is 24.0. The molecule has 12 rings (SSSR count). The Labute approximate surface area is 617 Å². The number of hydrogen-bond acceptors (Lipinski definition) is 11. The zero-order valence-electron chi connectivity index (χ0n) is 65.2. The third-order valence-electron chi connectivity index (χ3n) is 24.3. The summed E-state index contributed by atoms with van der Waals surface area (Å²) in [4.78, 5) is 14.8. The lowest BCUT2D eigenvalue weighted by atomic mass is 9.69. The Kier molecular flexibility index (Phi) is 25.9. The van der Waals surface area contributed by atoms with Gasteiger partial charge in [-0.15, -0.1) is 0 Å². The molecule has 4 aromatic carbocycles. The molecule has 8 aliphatic rings. The Balaban J connectivity index is 0.000000160. The maximum atomic E-state index is 13.2. The van der Waals surface area contributed by atoms with Crippen LogP contribution in [0.25, 0.3) is 0 Å². The van der Waals surface area contributed by atoms with E-state index in [9.17, 15) is 45.6 Å². The topological polar surface area (TPSA) is 201 Å². The molecule has 0 aromatic heterocycles. The lowest BCUT2D eigenvalue weighted by molar-refractivity contribution is 0.0575. The van der Waals surface area contributed by atoms with E-state index in [1.165, 1.54) is 56.7 Å². The number of phenols is 8. The van der Waals surface area contributed by atoms with E-state index < -0.39 is 11.7 Å². The number of fused-ring (bicyclic) bond motifs is 4. The molecule has 103 heavy (non-hydrogen) atoms. The minimum atomic E-state index is -0.639. The minimum Gasteiger partial charge on any atom is -0.508 e. The summed E-state index contributed by atoms with van der Waals surface area (Å²) in [6.07, 6.45) is 29.0. The van der Waals surface area contributed by atoms with Gasteiger partial charge in [0, 0.05) is 99.0 Å². The molecule has 0 fully saturated rings. The molecular weight excluding hydrogens is 1280 g/mol. The minimum absolute atomic E-state index is 0.0174. The van der Waals surface area contributed by atoms with Gasteiger partial charge in [-0.1, -0.05) is 123 Å². The van der Waals surface area contributed by atoms with E-state index in [1.807, 2.05) is 27.7 Å². The summed E-state index contributed by atoms with van der Waals surface area (Å²) in [5, 5.41) is 85.4. The molecule has 6 aliphatic carbocycles. The Bertz CT molecular complexity index is 3690. The van der Waals surface area contributed by atoms with Gasteiger partial charge < -0.3 is 50.3 Å². The highest BCUT2D eigenvalue weighted by Crippen LogP contribution is 2.58. The van der Waals surface area contributed by atoms with Crippen molar-refractivity contribution in [3.05, 3.63) is 175 Å². The third-order valence-corrected chi connectivity index (χ3v) is 24.3. The molecule has 0 bridgehead atoms. The number of aromatic hydroxyl groups is 8. The fourth-order valence-corrected chi connectivity index (χ4v) is 19.0. The second kappa shape index (κ2) is 33.6. The van der Waals surface area contributed by atoms with Gasteiger partial charge >= 0.3 is 6.09 Å². The van der Waals surface area contributed by atoms with Crippen LogP contribution in [0.15, 0.2) is 119 Å². The first-order chi connectivity index (χ1) is 48.7. The zero-order valence-corrected chi connectivity index (χ0v) is 65.2.